The molecule has 52 heavy (non-hydrogen) atoms. The lowest BCUT2D eigenvalue weighted by Crippen LogP contribution is -2.20. The molecule has 0 amide bonds. The number of carboxylic acids is 2. The van der Waals surface area contributed by atoms with Crippen molar-refractivity contribution in [2.75, 3.05) is 0 Å². The lowest BCUT2D eigenvalue weighted by Gasteiger charge is -2.20. The van der Waals surface area contributed by atoms with E-state index in [1.54, 1.807) is 0 Å². The molecule has 0 spiro atoms. The predicted molar refractivity (Wildman–Crippen MR) is 225 cm³/mol. The lowest BCUT2D eigenvalue weighted by molar-refractivity contribution is -0.135. The monoisotopic (exact) mass is 728 g/mol. The largest absolute Gasteiger partial charge is 0.481 e. The summed E-state index contributed by atoms with van der Waals surface area (Å²) in [5.41, 5.74) is 7.87. The number of carbonyl (C=O) groups is 2. The van der Waals surface area contributed by atoms with Crippen LogP contribution in [0.1, 0.15) is 47.2 Å². The van der Waals surface area contributed by atoms with Gasteiger partial charge in [0.2, 0.25) is 0 Å². The molecule has 0 aromatic heterocycles. The van der Waals surface area contributed by atoms with Crippen molar-refractivity contribution < 1.29 is 19.8 Å². The van der Waals surface area contributed by atoms with Crippen LogP contribution in [0.4, 0.5) is 0 Å². The van der Waals surface area contributed by atoms with Crippen molar-refractivity contribution in [2.45, 2.75) is 55.4 Å². The lowest BCUT2D eigenvalue weighted by atomic mass is 10.2. The molecule has 0 bridgehead atoms. The normalized spacial score (nSPS) is 10.2. The van der Waals surface area contributed by atoms with E-state index in [1.165, 1.54) is 65.2 Å². The maximum absolute atomic E-state index is 9.00. The van der Waals surface area contributed by atoms with Gasteiger partial charge in [0, 0.05) is 13.8 Å². The van der Waals surface area contributed by atoms with Crippen molar-refractivity contribution in [2.24, 2.45) is 0 Å². The van der Waals surface area contributed by atoms with Gasteiger partial charge in [-0.1, -0.05) is 179 Å². The fourth-order valence-corrected chi connectivity index (χ4v) is 9.53. The molecule has 2 N–H and O–H groups in total. The molecule has 0 saturated heterocycles. The highest BCUT2D eigenvalue weighted by Crippen LogP contribution is 2.34. The second-order valence-corrected chi connectivity index (χ2v) is 17.2. The van der Waals surface area contributed by atoms with Gasteiger partial charge in [-0.2, -0.15) is 0 Å². The van der Waals surface area contributed by atoms with Gasteiger partial charge in [-0.15, -0.1) is 0 Å². The van der Waals surface area contributed by atoms with Gasteiger partial charge in [0.25, 0.3) is 11.9 Å². The number of rotatable bonds is 6. The van der Waals surface area contributed by atoms with Gasteiger partial charge >= 0.3 is 0 Å². The zero-order valence-corrected chi connectivity index (χ0v) is 33.3. The quantitative estimate of drug-likeness (QED) is 0.168. The first-order chi connectivity index (χ1) is 24.7. The standard InChI is InChI=1S/2C21H21P.2C2H4O2/c2*1-16-4-10-19(11-5-16)22(20-12-6-17(2)7-13-20)21-14-8-18(3)9-15-21;2*1-2(3)4/h2*4-15H,1-3H3;2*1H3,(H,3,4). The molecule has 0 unspecified atom stereocenters. The summed E-state index contributed by atoms with van der Waals surface area (Å²) in [6, 6.07) is 53.9. The van der Waals surface area contributed by atoms with Crippen LogP contribution in [-0.2, 0) is 9.59 Å². The van der Waals surface area contributed by atoms with E-state index in [1.807, 2.05) is 0 Å². The maximum atomic E-state index is 9.00. The molecular formula is C46H50O4P2. The second-order valence-electron chi connectivity index (χ2n) is 12.7. The Hall–Kier alpha value is -4.88. The maximum Gasteiger partial charge on any atom is 0.300 e. The zero-order chi connectivity index (χ0) is 38.2. The van der Waals surface area contributed by atoms with E-state index < -0.39 is 27.8 Å². The van der Waals surface area contributed by atoms with Gasteiger partial charge in [0.15, 0.2) is 0 Å². The summed E-state index contributed by atoms with van der Waals surface area (Å²) in [5.74, 6) is -1.67. The van der Waals surface area contributed by atoms with Crippen molar-refractivity contribution in [3.8, 4) is 0 Å². The number of hydrogen-bond donors (Lipinski definition) is 2. The van der Waals surface area contributed by atoms with Crippen molar-refractivity contribution >= 4 is 59.6 Å². The highest BCUT2D eigenvalue weighted by atomic mass is 31.1. The predicted octanol–water partition coefficient (Wildman–Crippen LogP) is 8.92. The second kappa shape index (κ2) is 20.8. The number of aliphatic carboxylic acids is 2. The molecule has 4 nitrogen and oxygen atoms in total. The fraction of sp³-hybridized carbons (Fsp3) is 0.174. The molecule has 0 aliphatic carbocycles. The number of aryl methyl sites for hydroxylation is 6. The first-order valence-corrected chi connectivity index (χ1v) is 19.8. The Morgan fingerprint density at radius 2 is 0.404 bits per heavy atom. The number of carboxylic acid groups (broad SMARTS) is 2. The minimum Gasteiger partial charge on any atom is -0.481 e. The Morgan fingerprint density at radius 3 is 0.500 bits per heavy atom. The van der Waals surface area contributed by atoms with Crippen LogP contribution in [0.3, 0.4) is 0 Å². The molecule has 268 valence electrons. The third kappa shape index (κ3) is 14.0. The van der Waals surface area contributed by atoms with E-state index in [0.29, 0.717) is 0 Å². The highest BCUT2D eigenvalue weighted by Gasteiger charge is 2.17. The van der Waals surface area contributed by atoms with Gasteiger partial charge in [0.05, 0.1) is 0 Å². The zero-order valence-electron chi connectivity index (χ0n) is 31.5. The fourth-order valence-electron chi connectivity index (χ4n) is 5.06. The Labute approximate surface area is 312 Å². The average molecular weight is 729 g/mol. The van der Waals surface area contributed by atoms with E-state index in [4.69, 9.17) is 19.8 Å². The van der Waals surface area contributed by atoms with Crippen molar-refractivity contribution in [3.05, 3.63) is 179 Å². The summed E-state index contributed by atoms with van der Waals surface area (Å²) in [7, 11) is -0.966. The Balaban J connectivity index is 0.000000233. The summed E-state index contributed by atoms with van der Waals surface area (Å²) in [4.78, 5) is 18.0. The van der Waals surface area contributed by atoms with Crippen LogP contribution in [0.5, 0.6) is 0 Å². The SMILES string of the molecule is CC(=O)O.CC(=O)O.Cc1ccc(P(c2ccc(C)cc2)c2ccc(C)cc2)cc1.Cc1ccc(P(c2ccc(C)cc2)c2ccc(C)cc2)cc1. The van der Waals surface area contributed by atoms with Crippen LogP contribution in [0.25, 0.3) is 0 Å². The minimum absolute atomic E-state index is 0.483. The molecule has 0 radical (unpaired) electrons. The van der Waals surface area contributed by atoms with E-state index in [9.17, 15) is 0 Å². The molecule has 0 fully saturated rings. The molecule has 0 aliphatic rings. The van der Waals surface area contributed by atoms with Crippen molar-refractivity contribution in [1.82, 2.24) is 0 Å². The van der Waals surface area contributed by atoms with Gasteiger partial charge in [-0.25, -0.2) is 0 Å². The summed E-state index contributed by atoms with van der Waals surface area (Å²) in [6.07, 6.45) is 0. The Morgan fingerprint density at radius 1 is 0.308 bits per heavy atom. The average Bonchev–Trinajstić information content (AvgIpc) is 3.10. The van der Waals surface area contributed by atoms with Gasteiger partial charge in [-0.3, -0.25) is 9.59 Å². The summed E-state index contributed by atoms with van der Waals surface area (Å²) in [5, 5.41) is 23.3. The van der Waals surface area contributed by atoms with Crippen LogP contribution >= 0.6 is 15.8 Å². The first-order valence-electron chi connectivity index (χ1n) is 17.1. The summed E-state index contributed by atoms with van der Waals surface area (Å²) < 4.78 is 0. The van der Waals surface area contributed by atoms with Crippen molar-refractivity contribution in [3.63, 3.8) is 0 Å². The van der Waals surface area contributed by atoms with E-state index in [-0.39, 0.29) is 0 Å². The van der Waals surface area contributed by atoms with Crippen LogP contribution in [0.15, 0.2) is 146 Å². The van der Waals surface area contributed by atoms with Crippen LogP contribution in [0, 0.1) is 41.5 Å². The molecule has 0 aliphatic heterocycles. The molecule has 6 heteroatoms. The highest BCUT2D eigenvalue weighted by molar-refractivity contribution is 7.80. The molecular weight excluding hydrogens is 678 g/mol. The Bertz CT molecular complexity index is 1590. The van der Waals surface area contributed by atoms with Gasteiger partial charge in [0.1, 0.15) is 0 Å². The van der Waals surface area contributed by atoms with E-state index in [2.05, 4.69) is 187 Å². The summed E-state index contributed by atoms with van der Waals surface area (Å²) >= 11 is 0. The molecule has 0 heterocycles. The minimum atomic E-state index is -0.833. The van der Waals surface area contributed by atoms with Crippen molar-refractivity contribution in [1.29, 1.82) is 0 Å². The van der Waals surface area contributed by atoms with Crippen LogP contribution in [0.2, 0.25) is 0 Å². The third-order valence-electron chi connectivity index (χ3n) is 7.75. The number of hydrogen-bond acceptors (Lipinski definition) is 2. The van der Waals surface area contributed by atoms with Crippen LogP contribution < -0.4 is 31.8 Å². The number of benzene rings is 6. The topological polar surface area (TPSA) is 74.6 Å². The van der Waals surface area contributed by atoms with Gasteiger partial charge < -0.3 is 10.2 Å². The molecule has 0 saturated carbocycles. The smallest absolute Gasteiger partial charge is 0.300 e. The van der Waals surface area contributed by atoms with Crippen LogP contribution in [-0.4, -0.2) is 22.2 Å². The van der Waals surface area contributed by atoms with E-state index in [0.717, 1.165) is 13.8 Å². The first kappa shape index (κ1) is 41.5. The van der Waals surface area contributed by atoms with Gasteiger partial charge in [-0.05, 0) is 89.2 Å². The molecule has 0 atom stereocenters. The van der Waals surface area contributed by atoms with E-state index >= 15 is 0 Å². The third-order valence-corrected chi connectivity index (χ3v) is 12.6. The molecule has 6 rings (SSSR count). The Kier molecular flexibility index (Phi) is 16.6. The summed E-state index contributed by atoms with van der Waals surface area (Å²) in [6.45, 7) is 15.0. The molecule has 6 aromatic carbocycles. The molecule has 6 aromatic rings.